The number of ether oxygens (including phenoxy) is 1. The predicted molar refractivity (Wildman–Crippen MR) is 139 cm³/mol. The Balaban J connectivity index is 1.60. The van der Waals surface area contributed by atoms with Gasteiger partial charge < -0.3 is 24.8 Å². The van der Waals surface area contributed by atoms with Crippen LogP contribution in [0.15, 0.2) is 74.1 Å². The maximum absolute atomic E-state index is 12.4. The lowest BCUT2D eigenvalue weighted by atomic mass is 10.1. The second kappa shape index (κ2) is 9.42. The normalized spacial score (nSPS) is 13.3. The molecule has 0 spiro atoms. The molecule has 0 saturated heterocycles. The van der Waals surface area contributed by atoms with Gasteiger partial charge in [0.1, 0.15) is 23.5 Å². The van der Waals surface area contributed by atoms with Crippen molar-refractivity contribution in [3.05, 3.63) is 86.4 Å². The highest BCUT2D eigenvalue weighted by molar-refractivity contribution is 9.10. The van der Waals surface area contributed by atoms with Crippen molar-refractivity contribution in [2.75, 3.05) is 11.9 Å². The standard InChI is InChI=1S/C26H23BrN4O4/c1-15-19-13-20-21(14-22(19)35-25(33)23(15)24(28)32)31(10-11-34-18-8-3-2-4-9-18)26(30-20)29-17-7-5-6-16(27)12-17/h3,5-9,12-14H,2,4,10-11H2,1H3,(H2,28,32)(H,29,30). The molecule has 0 radical (unpaired) electrons. The monoisotopic (exact) mass is 534 g/mol. The highest BCUT2D eigenvalue weighted by atomic mass is 79.9. The first-order valence-corrected chi connectivity index (χ1v) is 12.0. The van der Waals surface area contributed by atoms with Gasteiger partial charge in [-0.2, -0.15) is 0 Å². The maximum Gasteiger partial charge on any atom is 0.349 e. The molecular formula is C26H23BrN4O4. The summed E-state index contributed by atoms with van der Waals surface area (Å²) in [4.78, 5) is 29.0. The first-order valence-electron chi connectivity index (χ1n) is 11.2. The Hall–Kier alpha value is -3.85. The number of aromatic nitrogens is 2. The van der Waals surface area contributed by atoms with Crippen LogP contribution < -0.4 is 16.7 Å². The third kappa shape index (κ3) is 4.59. The Morgan fingerprint density at radius 3 is 2.89 bits per heavy atom. The summed E-state index contributed by atoms with van der Waals surface area (Å²) in [7, 11) is 0. The summed E-state index contributed by atoms with van der Waals surface area (Å²) in [5, 5.41) is 3.98. The number of imidazole rings is 1. The summed E-state index contributed by atoms with van der Waals surface area (Å²) >= 11 is 3.50. The smallest absolute Gasteiger partial charge is 0.349 e. The lowest BCUT2D eigenvalue weighted by Crippen LogP contribution is -2.22. The van der Waals surface area contributed by atoms with E-state index in [1.54, 1.807) is 13.0 Å². The van der Waals surface area contributed by atoms with E-state index in [0.29, 0.717) is 41.1 Å². The van der Waals surface area contributed by atoms with E-state index < -0.39 is 11.5 Å². The average molecular weight is 535 g/mol. The Kier molecular flexibility index (Phi) is 6.17. The first kappa shape index (κ1) is 22.9. The number of carbonyl (C=O) groups excluding carboxylic acids is 1. The molecular weight excluding hydrogens is 512 g/mol. The zero-order chi connectivity index (χ0) is 24.5. The van der Waals surface area contributed by atoms with Crippen molar-refractivity contribution >= 4 is 55.5 Å². The fourth-order valence-corrected chi connectivity index (χ4v) is 4.62. The van der Waals surface area contributed by atoms with Crippen molar-refractivity contribution in [3.8, 4) is 0 Å². The van der Waals surface area contributed by atoms with Gasteiger partial charge in [0.2, 0.25) is 5.95 Å². The van der Waals surface area contributed by atoms with Crippen LogP contribution in [0.1, 0.15) is 28.8 Å². The van der Waals surface area contributed by atoms with Crippen molar-refractivity contribution in [1.29, 1.82) is 0 Å². The van der Waals surface area contributed by atoms with Gasteiger partial charge in [0.05, 0.1) is 17.6 Å². The van der Waals surface area contributed by atoms with Crippen LogP contribution in [0.25, 0.3) is 22.0 Å². The number of hydrogen-bond donors (Lipinski definition) is 2. The van der Waals surface area contributed by atoms with Crippen LogP contribution in [0.4, 0.5) is 11.6 Å². The van der Waals surface area contributed by atoms with Crippen molar-refractivity contribution in [3.63, 3.8) is 0 Å². The molecule has 0 saturated carbocycles. The molecule has 2 aromatic heterocycles. The maximum atomic E-state index is 12.4. The molecule has 1 amide bonds. The summed E-state index contributed by atoms with van der Waals surface area (Å²) in [6, 6.07) is 11.4. The Bertz CT molecular complexity index is 1580. The van der Waals surface area contributed by atoms with Gasteiger partial charge in [0.15, 0.2) is 0 Å². The highest BCUT2D eigenvalue weighted by Crippen LogP contribution is 2.30. The van der Waals surface area contributed by atoms with E-state index in [0.717, 1.165) is 34.3 Å². The number of nitrogens with one attached hydrogen (secondary N) is 1. The number of fused-ring (bicyclic) bond motifs is 2. The Labute approximate surface area is 209 Å². The molecule has 35 heavy (non-hydrogen) atoms. The fraction of sp³-hybridized carbons (Fsp3) is 0.192. The summed E-state index contributed by atoms with van der Waals surface area (Å²) in [5.74, 6) is 0.650. The number of nitrogens with two attached hydrogens (primary N) is 1. The van der Waals surface area contributed by atoms with E-state index in [-0.39, 0.29) is 5.56 Å². The Morgan fingerprint density at radius 1 is 1.29 bits per heavy atom. The molecule has 0 atom stereocenters. The number of anilines is 2. The van der Waals surface area contributed by atoms with Gasteiger partial charge >= 0.3 is 5.63 Å². The predicted octanol–water partition coefficient (Wildman–Crippen LogP) is 5.31. The van der Waals surface area contributed by atoms with Crippen molar-refractivity contribution in [1.82, 2.24) is 9.55 Å². The second-order valence-electron chi connectivity index (χ2n) is 8.25. The minimum atomic E-state index is -0.816. The molecule has 3 N–H and O–H groups in total. The third-order valence-corrected chi connectivity index (χ3v) is 6.40. The quantitative estimate of drug-likeness (QED) is 0.311. The molecule has 0 fully saturated rings. The molecule has 0 bridgehead atoms. The van der Waals surface area contributed by atoms with Crippen LogP contribution in [-0.2, 0) is 11.3 Å². The van der Waals surface area contributed by atoms with Crippen LogP contribution in [-0.4, -0.2) is 22.1 Å². The summed E-state index contributed by atoms with van der Waals surface area (Å²) in [5.41, 5.74) is 7.65. The number of hydrogen-bond acceptors (Lipinski definition) is 6. The van der Waals surface area contributed by atoms with Crippen LogP contribution in [0.2, 0.25) is 0 Å². The van der Waals surface area contributed by atoms with Crippen molar-refractivity contribution in [2.24, 2.45) is 5.73 Å². The molecule has 0 unspecified atom stereocenters. The van der Waals surface area contributed by atoms with Gasteiger partial charge in [-0.15, -0.1) is 0 Å². The van der Waals surface area contributed by atoms with Crippen LogP contribution in [0.3, 0.4) is 0 Å². The summed E-state index contributed by atoms with van der Waals surface area (Å²) in [6.45, 7) is 2.62. The average Bonchev–Trinajstić information content (AvgIpc) is 3.14. The van der Waals surface area contributed by atoms with Gasteiger partial charge in [-0.25, -0.2) is 9.78 Å². The van der Waals surface area contributed by atoms with E-state index in [1.165, 1.54) is 0 Å². The molecule has 2 heterocycles. The van der Waals surface area contributed by atoms with E-state index >= 15 is 0 Å². The second-order valence-corrected chi connectivity index (χ2v) is 9.16. The molecule has 0 aliphatic heterocycles. The molecule has 9 heteroatoms. The van der Waals surface area contributed by atoms with Gasteiger partial charge in [-0.1, -0.05) is 28.1 Å². The van der Waals surface area contributed by atoms with Gasteiger partial charge in [-0.05, 0) is 61.7 Å². The molecule has 1 aliphatic rings. The summed E-state index contributed by atoms with van der Waals surface area (Å²) < 4.78 is 14.4. The number of aryl methyl sites for hydroxylation is 1. The third-order valence-electron chi connectivity index (χ3n) is 5.91. The van der Waals surface area contributed by atoms with Crippen LogP contribution in [0, 0.1) is 6.92 Å². The molecule has 2 aromatic carbocycles. The van der Waals surface area contributed by atoms with E-state index in [2.05, 4.69) is 33.4 Å². The van der Waals surface area contributed by atoms with Gasteiger partial charge in [0.25, 0.3) is 5.91 Å². The lowest BCUT2D eigenvalue weighted by molar-refractivity contribution is 0.0996. The number of halogens is 1. The fourth-order valence-electron chi connectivity index (χ4n) is 4.22. The molecule has 5 rings (SSSR count). The van der Waals surface area contributed by atoms with E-state index in [9.17, 15) is 9.59 Å². The number of primary amides is 1. The number of amides is 1. The topological polar surface area (TPSA) is 112 Å². The Morgan fingerprint density at radius 2 is 2.14 bits per heavy atom. The molecule has 1 aliphatic carbocycles. The number of allylic oxidation sites excluding steroid dienone is 3. The van der Waals surface area contributed by atoms with Crippen molar-refractivity contribution < 1.29 is 13.9 Å². The van der Waals surface area contributed by atoms with Gasteiger partial charge in [0, 0.05) is 21.6 Å². The highest BCUT2D eigenvalue weighted by Gasteiger charge is 2.19. The zero-order valence-electron chi connectivity index (χ0n) is 19.0. The number of nitrogens with zero attached hydrogens (tertiary/aromatic N) is 2. The van der Waals surface area contributed by atoms with E-state index in [1.807, 2.05) is 41.0 Å². The number of benzene rings is 2. The minimum Gasteiger partial charge on any atom is -0.492 e. The number of carbonyl (C=O) groups is 1. The van der Waals surface area contributed by atoms with Crippen molar-refractivity contribution in [2.45, 2.75) is 26.3 Å². The summed E-state index contributed by atoms with van der Waals surface area (Å²) in [6.07, 6.45) is 8.15. The van der Waals surface area contributed by atoms with Crippen LogP contribution >= 0.6 is 15.9 Å². The van der Waals surface area contributed by atoms with Gasteiger partial charge in [-0.3, -0.25) is 4.79 Å². The molecule has 4 aromatic rings. The van der Waals surface area contributed by atoms with Crippen LogP contribution in [0.5, 0.6) is 0 Å². The zero-order valence-corrected chi connectivity index (χ0v) is 20.6. The largest absolute Gasteiger partial charge is 0.492 e. The minimum absolute atomic E-state index is 0.147. The molecule has 178 valence electrons. The first-order chi connectivity index (χ1) is 16.9. The van der Waals surface area contributed by atoms with E-state index in [4.69, 9.17) is 19.9 Å². The lowest BCUT2D eigenvalue weighted by Gasteiger charge is -2.14. The SMILES string of the molecule is Cc1c(C(N)=O)c(=O)oc2cc3c(cc12)nc(Nc1cccc(Br)c1)n3CCOC1=CCCC=C1. The molecule has 8 nitrogen and oxygen atoms in total. The number of rotatable bonds is 7.